The number of rotatable bonds is 3. The lowest BCUT2D eigenvalue weighted by Crippen LogP contribution is -2.42. The molecule has 1 aromatic carbocycles. The highest BCUT2D eigenvalue weighted by Gasteiger charge is 2.16. The highest BCUT2D eigenvalue weighted by molar-refractivity contribution is 5.87. The Morgan fingerprint density at radius 1 is 1.53 bits per heavy atom. The van der Waals surface area contributed by atoms with Crippen LogP contribution in [0.4, 0.5) is 0 Å². The summed E-state index contributed by atoms with van der Waals surface area (Å²) in [5.41, 5.74) is 7.31. The summed E-state index contributed by atoms with van der Waals surface area (Å²) in [6, 6.07) is 7.37. The lowest BCUT2D eigenvalue weighted by atomic mass is 10.0. The highest BCUT2D eigenvalue weighted by Crippen LogP contribution is 2.13. The van der Waals surface area contributed by atoms with Gasteiger partial charge in [-0.2, -0.15) is 0 Å². The van der Waals surface area contributed by atoms with Crippen molar-refractivity contribution < 1.29 is 9.90 Å². The van der Waals surface area contributed by atoms with Gasteiger partial charge in [-0.05, 0) is 37.1 Å². The second-order valence-corrected chi connectivity index (χ2v) is 4.64. The number of aromatic carboxylic acids is 1. The molecule has 1 unspecified atom stereocenters. The molecule has 1 aromatic rings. The fourth-order valence-corrected chi connectivity index (χ4v) is 2.30. The number of carbonyl (C=O) groups is 1. The van der Waals surface area contributed by atoms with Gasteiger partial charge in [0, 0.05) is 19.1 Å². The Bertz CT molecular complexity index is 406. The average molecular weight is 234 g/mol. The number of carboxylic acid groups (broad SMARTS) is 1. The molecule has 1 aliphatic rings. The van der Waals surface area contributed by atoms with Crippen LogP contribution in [0.1, 0.15) is 28.8 Å². The first-order valence-corrected chi connectivity index (χ1v) is 5.95. The minimum Gasteiger partial charge on any atom is -0.478 e. The van der Waals surface area contributed by atoms with Gasteiger partial charge in [-0.1, -0.05) is 12.1 Å². The van der Waals surface area contributed by atoms with E-state index in [1.807, 2.05) is 6.07 Å². The van der Waals surface area contributed by atoms with Crippen molar-refractivity contribution in [3.63, 3.8) is 0 Å². The molecule has 1 aliphatic heterocycles. The van der Waals surface area contributed by atoms with Crippen molar-refractivity contribution >= 4 is 5.97 Å². The first-order chi connectivity index (χ1) is 8.15. The van der Waals surface area contributed by atoms with Crippen molar-refractivity contribution in [1.82, 2.24) is 4.90 Å². The van der Waals surface area contributed by atoms with Crippen LogP contribution in [0.15, 0.2) is 24.3 Å². The molecule has 1 heterocycles. The molecule has 92 valence electrons. The number of nitrogens with two attached hydrogens (primary N) is 1. The number of hydrogen-bond donors (Lipinski definition) is 2. The zero-order chi connectivity index (χ0) is 12.3. The standard InChI is InChI=1S/C13H18N2O2/c14-12-5-2-6-15(9-12)8-10-3-1-4-11(7-10)13(16)17/h1,3-4,7,12H,2,5-6,8-9,14H2,(H,16,17). The minimum atomic E-state index is -0.873. The van der Waals surface area contributed by atoms with Gasteiger partial charge < -0.3 is 10.8 Å². The molecule has 3 N–H and O–H groups in total. The number of benzene rings is 1. The fraction of sp³-hybridized carbons (Fsp3) is 0.462. The minimum absolute atomic E-state index is 0.256. The molecule has 0 spiro atoms. The normalized spacial score (nSPS) is 21.4. The molecule has 4 nitrogen and oxygen atoms in total. The third-order valence-electron chi connectivity index (χ3n) is 3.12. The summed E-state index contributed by atoms with van der Waals surface area (Å²) in [6.07, 6.45) is 2.21. The third kappa shape index (κ3) is 3.28. The SMILES string of the molecule is NC1CCCN(Cc2cccc(C(=O)O)c2)C1. The van der Waals surface area contributed by atoms with Crippen LogP contribution < -0.4 is 5.73 Å². The Labute approximate surface area is 101 Å². The van der Waals surface area contributed by atoms with E-state index < -0.39 is 5.97 Å². The van der Waals surface area contributed by atoms with E-state index in [9.17, 15) is 4.79 Å². The Kier molecular flexibility index (Phi) is 3.76. The molecule has 1 atom stereocenters. The summed E-state index contributed by atoms with van der Waals surface area (Å²) in [4.78, 5) is 13.2. The summed E-state index contributed by atoms with van der Waals surface area (Å²) in [5.74, 6) is -0.873. The van der Waals surface area contributed by atoms with E-state index in [-0.39, 0.29) is 6.04 Å². The van der Waals surface area contributed by atoms with Crippen molar-refractivity contribution in [3.8, 4) is 0 Å². The zero-order valence-corrected chi connectivity index (χ0v) is 9.80. The maximum atomic E-state index is 10.9. The van der Waals surface area contributed by atoms with Gasteiger partial charge in [-0.25, -0.2) is 4.79 Å². The van der Waals surface area contributed by atoms with Gasteiger partial charge >= 0.3 is 5.97 Å². The van der Waals surface area contributed by atoms with E-state index in [1.165, 1.54) is 0 Å². The van der Waals surface area contributed by atoms with Crippen molar-refractivity contribution in [2.45, 2.75) is 25.4 Å². The van der Waals surface area contributed by atoms with Gasteiger partial charge in [0.1, 0.15) is 0 Å². The Morgan fingerprint density at radius 2 is 2.35 bits per heavy atom. The van der Waals surface area contributed by atoms with Gasteiger partial charge in [0.25, 0.3) is 0 Å². The molecule has 2 rings (SSSR count). The third-order valence-corrected chi connectivity index (χ3v) is 3.12. The number of likely N-dealkylation sites (tertiary alicyclic amines) is 1. The topological polar surface area (TPSA) is 66.6 Å². The van der Waals surface area contributed by atoms with E-state index in [4.69, 9.17) is 10.8 Å². The second kappa shape index (κ2) is 5.29. The summed E-state index contributed by atoms with van der Waals surface area (Å²) < 4.78 is 0. The van der Waals surface area contributed by atoms with Crippen molar-refractivity contribution in [1.29, 1.82) is 0 Å². The van der Waals surface area contributed by atoms with E-state index in [0.29, 0.717) is 5.56 Å². The Morgan fingerprint density at radius 3 is 3.06 bits per heavy atom. The predicted octanol–water partition coefficient (Wildman–Crippen LogP) is 1.31. The molecule has 0 radical (unpaired) electrons. The van der Waals surface area contributed by atoms with Gasteiger partial charge in [-0.3, -0.25) is 4.90 Å². The number of piperidine rings is 1. The van der Waals surface area contributed by atoms with E-state index in [2.05, 4.69) is 4.90 Å². The van der Waals surface area contributed by atoms with E-state index in [0.717, 1.165) is 38.0 Å². The van der Waals surface area contributed by atoms with Crippen LogP contribution in [0.5, 0.6) is 0 Å². The first kappa shape index (κ1) is 12.1. The second-order valence-electron chi connectivity index (χ2n) is 4.64. The van der Waals surface area contributed by atoms with Crippen LogP contribution in [0.3, 0.4) is 0 Å². The molecule has 1 fully saturated rings. The van der Waals surface area contributed by atoms with Crippen LogP contribution in [-0.4, -0.2) is 35.1 Å². The molecule has 0 amide bonds. The molecule has 0 bridgehead atoms. The fourth-order valence-electron chi connectivity index (χ4n) is 2.30. The molecule has 0 saturated carbocycles. The quantitative estimate of drug-likeness (QED) is 0.827. The maximum absolute atomic E-state index is 10.9. The Hall–Kier alpha value is -1.39. The highest BCUT2D eigenvalue weighted by atomic mass is 16.4. The van der Waals surface area contributed by atoms with Gasteiger partial charge in [0.15, 0.2) is 0 Å². The van der Waals surface area contributed by atoms with Crippen LogP contribution >= 0.6 is 0 Å². The van der Waals surface area contributed by atoms with Crippen molar-refractivity contribution in [3.05, 3.63) is 35.4 Å². The summed E-state index contributed by atoms with van der Waals surface area (Å²) in [7, 11) is 0. The molecule has 4 heteroatoms. The van der Waals surface area contributed by atoms with Gasteiger partial charge in [-0.15, -0.1) is 0 Å². The van der Waals surface area contributed by atoms with E-state index in [1.54, 1.807) is 18.2 Å². The van der Waals surface area contributed by atoms with Crippen molar-refractivity contribution in [2.75, 3.05) is 13.1 Å². The monoisotopic (exact) mass is 234 g/mol. The first-order valence-electron chi connectivity index (χ1n) is 5.95. The molecule has 0 aliphatic carbocycles. The maximum Gasteiger partial charge on any atom is 0.335 e. The largest absolute Gasteiger partial charge is 0.478 e. The van der Waals surface area contributed by atoms with Crippen LogP contribution in [0.25, 0.3) is 0 Å². The Balaban J connectivity index is 2.02. The van der Waals surface area contributed by atoms with E-state index >= 15 is 0 Å². The number of carboxylic acids is 1. The molecule has 17 heavy (non-hydrogen) atoms. The van der Waals surface area contributed by atoms with Gasteiger partial charge in [0.05, 0.1) is 5.56 Å². The molecular formula is C13H18N2O2. The van der Waals surface area contributed by atoms with Crippen LogP contribution in [0.2, 0.25) is 0 Å². The lowest BCUT2D eigenvalue weighted by Gasteiger charge is -2.30. The molecular weight excluding hydrogens is 216 g/mol. The summed E-state index contributed by atoms with van der Waals surface area (Å²) >= 11 is 0. The number of nitrogens with zero attached hydrogens (tertiary/aromatic N) is 1. The molecule has 0 aromatic heterocycles. The average Bonchev–Trinajstić information content (AvgIpc) is 2.29. The zero-order valence-electron chi connectivity index (χ0n) is 9.80. The lowest BCUT2D eigenvalue weighted by molar-refractivity contribution is 0.0696. The van der Waals surface area contributed by atoms with Crippen LogP contribution in [-0.2, 0) is 6.54 Å². The van der Waals surface area contributed by atoms with Gasteiger partial charge in [0.2, 0.25) is 0 Å². The predicted molar refractivity (Wildman–Crippen MR) is 65.9 cm³/mol. The number of hydrogen-bond acceptors (Lipinski definition) is 3. The smallest absolute Gasteiger partial charge is 0.335 e. The van der Waals surface area contributed by atoms with Crippen molar-refractivity contribution in [2.24, 2.45) is 5.73 Å². The summed E-state index contributed by atoms with van der Waals surface area (Å²) in [5, 5.41) is 8.92. The summed E-state index contributed by atoms with van der Waals surface area (Å²) in [6.45, 7) is 2.73. The van der Waals surface area contributed by atoms with Crippen LogP contribution in [0, 0.1) is 0 Å². The molecule has 1 saturated heterocycles.